The van der Waals surface area contributed by atoms with Crippen LogP contribution in [-0.2, 0) is 6.54 Å². The average Bonchev–Trinajstić information content (AvgIpc) is 2.33. The Kier molecular flexibility index (Phi) is 4.37. The fraction of sp³-hybridized carbons (Fsp3) is 0.571. The molecule has 1 aromatic carbocycles. The molecule has 1 aliphatic heterocycles. The lowest BCUT2D eigenvalue weighted by molar-refractivity contribution is 0.192. The van der Waals surface area contributed by atoms with E-state index in [4.69, 9.17) is 0 Å². The highest BCUT2D eigenvalue weighted by atomic mass is 15.1. The van der Waals surface area contributed by atoms with Gasteiger partial charge >= 0.3 is 0 Å². The van der Waals surface area contributed by atoms with E-state index in [2.05, 4.69) is 47.5 Å². The Morgan fingerprint density at radius 1 is 1.19 bits per heavy atom. The summed E-state index contributed by atoms with van der Waals surface area (Å²) in [6.45, 7) is 6.86. The summed E-state index contributed by atoms with van der Waals surface area (Å²) in [5.41, 5.74) is 1.43. The third-order valence-corrected chi connectivity index (χ3v) is 3.33. The van der Waals surface area contributed by atoms with E-state index in [1.165, 1.54) is 31.5 Å². The topological polar surface area (TPSA) is 15.3 Å². The zero-order valence-corrected chi connectivity index (χ0v) is 10.2. The molecule has 16 heavy (non-hydrogen) atoms. The molecule has 0 aromatic heterocycles. The van der Waals surface area contributed by atoms with Crippen molar-refractivity contribution in [3.63, 3.8) is 0 Å². The smallest absolute Gasteiger partial charge is 0.0233 e. The Hall–Kier alpha value is -0.860. The first kappa shape index (κ1) is 11.6. The van der Waals surface area contributed by atoms with Gasteiger partial charge in [0, 0.05) is 12.6 Å². The summed E-state index contributed by atoms with van der Waals surface area (Å²) < 4.78 is 0. The third-order valence-electron chi connectivity index (χ3n) is 3.33. The fourth-order valence-electron chi connectivity index (χ4n) is 2.43. The molecule has 0 spiro atoms. The molecule has 1 heterocycles. The highest BCUT2D eigenvalue weighted by molar-refractivity contribution is 5.14. The average molecular weight is 218 g/mol. The summed E-state index contributed by atoms with van der Waals surface area (Å²) in [6, 6.07) is 11.5. The van der Waals surface area contributed by atoms with Crippen LogP contribution in [0.2, 0.25) is 0 Å². The number of nitrogens with zero attached hydrogens (tertiary/aromatic N) is 1. The maximum atomic E-state index is 3.54. The quantitative estimate of drug-likeness (QED) is 0.834. The molecule has 2 nitrogen and oxygen atoms in total. The Balaban J connectivity index is 1.77. The number of likely N-dealkylation sites (tertiary alicyclic amines) is 1. The molecule has 0 aliphatic carbocycles. The predicted octanol–water partition coefficient (Wildman–Crippen LogP) is 2.26. The van der Waals surface area contributed by atoms with E-state index in [0.717, 1.165) is 19.1 Å². The zero-order valence-electron chi connectivity index (χ0n) is 10.2. The monoisotopic (exact) mass is 218 g/mol. The van der Waals surface area contributed by atoms with E-state index in [-0.39, 0.29) is 0 Å². The molecule has 1 fully saturated rings. The Bertz CT molecular complexity index is 289. The predicted molar refractivity (Wildman–Crippen MR) is 68.4 cm³/mol. The van der Waals surface area contributed by atoms with Gasteiger partial charge in [0.25, 0.3) is 0 Å². The highest BCUT2D eigenvalue weighted by Crippen LogP contribution is 2.13. The summed E-state index contributed by atoms with van der Waals surface area (Å²) in [6.07, 6.45) is 2.58. The van der Waals surface area contributed by atoms with Crippen LogP contribution in [0.15, 0.2) is 30.3 Å². The summed E-state index contributed by atoms with van der Waals surface area (Å²) in [7, 11) is 0. The molecule has 1 N–H and O–H groups in total. The maximum absolute atomic E-state index is 3.54. The maximum Gasteiger partial charge on any atom is 0.0233 e. The van der Waals surface area contributed by atoms with Gasteiger partial charge in [0.2, 0.25) is 0 Å². The largest absolute Gasteiger partial charge is 0.314 e. The number of hydrogen-bond donors (Lipinski definition) is 1. The minimum atomic E-state index is 0.747. The molecule has 0 saturated carbocycles. The van der Waals surface area contributed by atoms with Crippen molar-refractivity contribution >= 4 is 0 Å². The Morgan fingerprint density at radius 3 is 2.50 bits per heavy atom. The number of piperidine rings is 1. The van der Waals surface area contributed by atoms with Crippen LogP contribution in [0, 0.1) is 0 Å². The molecule has 2 rings (SSSR count). The van der Waals surface area contributed by atoms with Crippen molar-refractivity contribution in [2.75, 3.05) is 19.6 Å². The normalized spacial score (nSPS) is 18.8. The van der Waals surface area contributed by atoms with E-state index in [1.54, 1.807) is 0 Å². The second kappa shape index (κ2) is 6.02. The second-order valence-electron chi connectivity index (χ2n) is 4.59. The summed E-state index contributed by atoms with van der Waals surface area (Å²) in [5, 5.41) is 3.54. The van der Waals surface area contributed by atoms with Crippen molar-refractivity contribution in [3.05, 3.63) is 35.9 Å². The molecule has 2 heteroatoms. The van der Waals surface area contributed by atoms with Crippen LogP contribution >= 0.6 is 0 Å². The molecule has 0 bridgehead atoms. The second-order valence-corrected chi connectivity index (χ2v) is 4.59. The first-order valence-corrected chi connectivity index (χ1v) is 6.38. The van der Waals surface area contributed by atoms with E-state index >= 15 is 0 Å². The van der Waals surface area contributed by atoms with Crippen molar-refractivity contribution in [1.82, 2.24) is 10.2 Å². The molecule has 0 radical (unpaired) electrons. The van der Waals surface area contributed by atoms with E-state index in [0.29, 0.717) is 0 Å². The van der Waals surface area contributed by atoms with Crippen molar-refractivity contribution < 1.29 is 0 Å². The molecule has 1 saturated heterocycles. The van der Waals surface area contributed by atoms with E-state index in [1.807, 2.05) is 0 Å². The van der Waals surface area contributed by atoms with Crippen LogP contribution in [0.25, 0.3) is 0 Å². The van der Waals surface area contributed by atoms with Gasteiger partial charge in [-0.05, 0) is 38.0 Å². The lowest BCUT2D eigenvalue weighted by Crippen LogP contribution is -2.42. The van der Waals surface area contributed by atoms with Crippen molar-refractivity contribution in [2.45, 2.75) is 32.4 Å². The fourth-order valence-corrected chi connectivity index (χ4v) is 2.43. The van der Waals surface area contributed by atoms with Crippen molar-refractivity contribution in [1.29, 1.82) is 0 Å². The molecular weight excluding hydrogens is 196 g/mol. The third kappa shape index (κ3) is 3.32. The molecule has 1 aromatic rings. The number of benzene rings is 1. The number of hydrogen-bond acceptors (Lipinski definition) is 2. The van der Waals surface area contributed by atoms with Crippen LogP contribution in [0.1, 0.15) is 25.3 Å². The van der Waals surface area contributed by atoms with E-state index < -0.39 is 0 Å². The van der Waals surface area contributed by atoms with Gasteiger partial charge in [-0.1, -0.05) is 37.3 Å². The van der Waals surface area contributed by atoms with Gasteiger partial charge in [0.15, 0.2) is 0 Å². The van der Waals surface area contributed by atoms with Gasteiger partial charge in [-0.3, -0.25) is 4.90 Å². The van der Waals surface area contributed by atoms with Crippen molar-refractivity contribution in [2.24, 2.45) is 0 Å². The van der Waals surface area contributed by atoms with Gasteiger partial charge < -0.3 is 5.32 Å². The molecule has 0 amide bonds. The molecular formula is C14H22N2. The molecule has 88 valence electrons. The minimum Gasteiger partial charge on any atom is -0.314 e. The Labute approximate surface area is 98.7 Å². The molecule has 0 atom stereocenters. The standard InChI is InChI=1S/C14H22N2/c1-2-15-14-8-10-16(11-9-14)12-13-6-4-3-5-7-13/h3-7,14-15H,2,8-12H2,1H3. The Morgan fingerprint density at radius 2 is 1.88 bits per heavy atom. The summed E-state index contributed by atoms with van der Waals surface area (Å²) in [5.74, 6) is 0. The van der Waals surface area contributed by atoms with Gasteiger partial charge in [0.1, 0.15) is 0 Å². The van der Waals surface area contributed by atoms with Gasteiger partial charge in [-0.25, -0.2) is 0 Å². The summed E-state index contributed by atoms with van der Waals surface area (Å²) in [4.78, 5) is 2.56. The lowest BCUT2D eigenvalue weighted by Gasteiger charge is -2.32. The van der Waals surface area contributed by atoms with Gasteiger partial charge in [0.05, 0.1) is 0 Å². The summed E-state index contributed by atoms with van der Waals surface area (Å²) >= 11 is 0. The molecule has 1 aliphatic rings. The first-order valence-electron chi connectivity index (χ1n) is 6.38. The number of nitrogens with one attached hydrogen (secondary N) is 1. The van der Waals surface area contributed by atoms with Crippen LogP contribution < -0.4 is 5.32 Å². The van der Waals surface area contributed by atoms with Crippen molar-refractivity contribution in [3.8, 4) is 0 Å². The highest BCUT2D eigenvalue weighted by Gasteiger charge is 2.17. The lowest BCUT2D eigenvalue weighted by atomic mass is 10.0. The van der Waals surface area contributed by atoms with Crippen LogP contribution in [0.4, 0.5) is 0 Å². The van der Waals surface area contributed by atoms with Crippen LogP contribution in [0.3, 0.4) is 0 Å². The minimum absolute atomic E-state index is 0.747. The first-order chi connectivity index (χ1) is 7.88. The SMILES string of the molecule is CCNC1CCN(Cc2ccccc2)CC1. The molecule has 0 unspecified atom stereocenters. The number of rotatable bonds is 4. The van der Waals surface area contributed by atoms with Crippen LogP contribution in [-0.4, -0.2) is 30.6 Å². The van der Waals surface area contributed by atoms with Gasteiger partial charge in [-0.15, -0.1) is 0 Å². The van der Waals surface area contributed by atoms with Crippen LogP contribution in [0.5, 0.6) is 0 Å². The zero-order chi connectivity index (χ0) is 11.2. The van der Waals surface area contributed by atoms with E-state index in [9.17, 15) is 0 Å². The van der Waals surface area contributed by atoms with Gasteiger partial charge in [-0.2, -0.15) is 0 Å².